The molecule has 0 N–H and O–H groups in total. The molecule has 0 radical (unpaired) electrons. The molecule has 0 saturated carbocycles. The fourth-order valence-electron chi connectivity index (χ4n) is 4.20. The van der Waals surface area contributed by atoms with Crippen LogP contribution in [0.25, 0.3) is 11.3 Å². The van der Waals surface area contributed by atoms with Gasteiger partial charge in [-0.25, -0.2) is 9.37 Å². The molecule has 1 aliphatic heterocycles. The van der Waals surface area contributed by atoms with E-state index < -0.39 is 0 Å². The van der Waals surface area contributed by atoms with Gasteiger partial charge in [0.05, 0.1) is 5.69 Å². The molecule has 1 aromatic carbocycles. The van der Waals surface area contributed by atoms with E-state index in [1.807, 2.05) is 0 Å². The van der Waals surface area contributed by atoms with E-state index in [1.165, 1.54) is 23.4 Å². The van der Waals surface area contributed by atoms with Gasteiger partial charge in [0.25, 0.3) is 0 Å². The van der Waals surface area contributed by atoms with Gasteiger partial charge in [-0.2, -0.15) is 5.10 Å². The second kappa shape index (κ2) is 11.8. The molecule has 3 heterocycles. The number of hydrogen-bond donors (Lipinski definition) is 0. The fraction of sp³-hybridized carbons (Fsp3) is 0.458. The summed E-state index contributed by atoms with van der Waals surface area (Å²) in [6.07, 6.45) is 3.42. The molecule has 9 heteroatoms. The predicted octanol–water partition coefficient (Wildman–Crippen LogP) is 4.92. The van der Waals surface area contributed by atoms with Crippen LogP contribution in [0.5, 0.6) is 0 Å². The molecule has 6 nitrogen and oxygen atoms in total. The standard InChI is InChI=1S/C24H31FN6.2ClH/c1-17(2)15-31-19(4)22(18(3)28-31)16-29-11-13-30(14-12-29)24-23(26-9-10-27-24)20-5-7-21(25)8-6-20;;/h5-10,17H,11-16H2,1-4H3;2*1H. The van der Waals surface area contributed by atoms with Crippen molar-refractivity contribution >= 4 is 30.6 Å². The summed E-state index contributed by atoms with van der Waals surface area (Å²) in [5.41, 5.74) is 5.45. The van der Waals surface area contributed by atoms with E-state index in [4.69, 9.17) is 5.10 Å². The van der Waals surface area contributed by atoms with Crippen molar-refractivity contribution in [1.29, 1.82) is 0 Å². The van der Waals surface area contributed by atoms with Gasteiger partial charge in [-0.05, 0) is 44.0 Å². The number of aromatic nitrogens is 4. The summed E-state index contributed by atoms with van der Waals surface area (Å²) in [5.74, 6) is 1.20. The second-order valence-corrected chi connectivity index (χ2v) is 8.72. The van der Waals surface area contributed by atoms with Crippen molar-refractivity contribution in [3.8, 4) is 11.3 Å². The second-order valence-electron chi connectivity index (χ2n) is 8.72. The van der Waals surface area contributed by atoms with Crippen LogP contribution in [-0.2, 0) is 13.1 Å². The zero-order valence-electron chi connectivity index (χ0n) is 19.7. The lowest BCUT2D eigenvalue weighted by molar-refractivity contribution is 0.248. The molecule has 3 aromatic rings. The van der Waals surface area contributed by atoms with Gasteiger partial charge in [0, 0.05) is 68.5 Å². The Morgan fingerprint density at radius 2 is 1.58 bits per heavy atom. The van der Waals surface area contributed by atoms with Crippen LogP contribution in [0, 0.1) is 25.6 Å². The van der Waals surface area contributed by atoms with Crippen molar-refractivity contribution in [2.45, 2.75) is 40.8 Å². The first-order valence-corrected chi connectivity index (χ1v) is 11.0. The first kappa shape index (κ1) is 27.0. The van der Waals surface area contributed by atoms with Crippen LogP contribution in [0.1, 0.15) is 30.8 Å². The number of rotatable bonds is 6. The molecular weight excluding hydrogens is 462 g/mol. The van der Waals surface area contributed by atoms with E-state index in [2.05, 4.69) is 52.1 Å². The zero-order valence-corrected chi connectivity index (χ0v) is 21.3. The van der Waals surface area contributed by atoms with Crippen molar-refractivity contribution in [1.82, 2.24) is 24.6 Å². The Labute approximate surface area is 208 Å². The molecule has 0 bridgehead atoms. The Kier molecular flexibility index (Phi) is 9.64. The summed E-state index contributed by atoms with van der Waals surface area (Å²) in [4.78, 5) is 13.9. The lowest BCUT2D eigenvalue weighted by Crippen LogP contribution is -2.46. The van der Waals surface area contributed by atoms with Gasteiger partial charge in [0.1, 0.15) is 11.5 Å². The van der Waals surface area contributed by atoms with Crippen LogP contribution in [0.4, 0.5) is 10.2 Å². The third kappa shape index (κ3) is 6.22. The molecule has 0 spiro atoms. The van der Waals surface area contributed by atoms with Gasteiger partial charge in [-0.1, -0.05) is 13.8 Å². The van der Waals surface area contributed by atoms with E-state index in [9.17, 15) is 4.39 Å². The molecule has 0 amide bonds. The fourth-order valence-corrected chi connectivity index (χ4v) is 4.20. The number of aryl methyl sites for hydroxylation is 1. The van der Waals surface area contributed by atoms with Gasteiger partial charge in [0.15, 0.2) is 5.82 Å². The first-order valence-electron chi connectivity index (χ1n) is 11.0. The number of benzene rings is 1. The zero-order chi connectivity index (χ0) is 22.0. The highest BCUT2D eigenvalue weighted by molar-refractivity contribution is 5.85. The Morgan fingerprint density at radius 3 is 2.21 bits per heavy atom. The molecule has 180 valence electrons. The van der Waals surface area contributed by atoms with Gasteiger partial charge in [-0.15, -0.1) is 24.8 Å². The van der Waals surface area contributed by atoms with Crippen LogP contribution >= 0.6 is 24.8 Å². The van der Waals surface area contributed by atoms with Crippen LogP contribution in [0.3, 0.4) is 0 Å². The minimum atomic E-state index is -0.245. The third-order valence-electron chi connectivity index (χ3n) is 5.92. The van der Waals surface area contributed by atoms with Crippen molar-refractivity contribution < 1.29 is 4.39 Å². The molecule has 0 aliphatic carbocycles. The van der Waals surface area contributed by atoms with Gasteiger partial charge in [0.2, 0.25) is 0 Å². The van der Waals surface area contributed by atoms with Gasteiger partial charge in [-0.3, -0.25) is 14.6 Å². The molecule has 0 atom stereocenters. The maximum Gasteiger partial charge on any atom is 0.155 e. The van der Waals surface area contributed by atoms with Crippen LogP contribution < -0.4 is 4.90 Å². The number of hydrogen-bond acceptors (Lipinski definition) is 5. The highest BCUT2D eigenvalue weighted by Gasteiger charge is 2.23. The van der Waals surface area contributed by atoms with E-state index >= 15 is 0 Å². The van der Waals surface area contributed by atoms with Crippen molar-refractivity contribution in [3.05, 3.63) is 59.4 Å². The molecule has 1 fully saturated rings. The van der Waals surface area contributed by atoms with E-state index in [-0.39, 0.29) is 30.6 Å². The van der Waals surface area contributed by atoms with Crippen molar-refractivity contribution in [2.75, 3.05) is 31.1 Å². The van der Waals surface area contributed by atoms with Crippen LogP contribution in [0.15, 0.2) is 36.7 Å². The maximum atomic E-state index is 13.3. The van der Waals surface area contributed by atoms with E-state index in [0.29, 0.717) is 5.92 Å². The highest BCUT2D eigenvalue weighted by Crippen LogP contribution is 2.28. The summed E-state index contributed by atoms with van der Waals surface area (Å²) >= 11 is 0. The lowest BCUT2D eigenvalue weighted by atomic mass is 10.1. The average molecular weight is 495 g/mol. The summed E-state index contributed by atoms with van der Waals surface area (Å²) in [5, 5.41) is 4.76. The van der Waals surface area contributed by atoms with Crippen molar-refractivity contribution in [3.63, 3.8) is 0 Å². The Hall–Kier alpha value is -2.22. The first-order chi connectivity index (χ1) is 14.9. The Bertz CT molecular complexity index is 1030. The van der Waals surface area contributed by atoms with Crippen LogP contribution in [0.2, 0.25) is 0 Å². The SMILES string of the molecule is Cc1nn(CC(C)C)c(C)c1CN1CCN(c2nccnc2-c2ccc(F)cc2)CC1.Cl.Cl. The smallest absolute Gasteiger partial charge is 0.155 e. The molecule has 0 unspecified atom stereocenters. The van der Waals surface area contributed by atoms with Gasteiger partial charge < -0.3 is 4.90 Å². The van der Waals surface area contributed by atoms with Gasteiger partial charge >= 0.3 is 0 Å². The topological polar surface area (TPSA) is 50.1 Å². The quantitative estimate of drug-likeness (QED) is 0.486. The summed E-state index contributed by atoms with van der Waals surface area (Å²) in [6.45, 7) is 14.3. The molecule has 33 heavy (non-hydrogen) atoms. The molecular formula is C24H33Cl2FN6. The normalized spacial score (nSPS) is 14.2. The largest absolute Gasteiger partial charge is 0.352 e. The predicted molar refractivity (Wildman–Crippen MR) is 136 cm³/mol. The molecule has 2 aromatic heterocycles. The number of piperazine rings is 1. The summed E-state index contributed by atoms with van der Waals surface area (Å²) < 4.78 is 15.5. The maximum absolute atomic E-state index is 13.3. The third-order valence-corrected chi connectivity index (χ3v) is 5.92. The van der Waals surface area contributed by atoms with Crippen molar-refractivity contribution in [2.24, 2.45) is 5.92 Å². The lowest BCUT2D eigenvalue weighted by Gasteiger charge is -2.36. The molecule has 1 saturated heterocycles. The molecule has 4 rings (SSSR count). The number of halogens is 3. The number of anilines is 1. The average Bonchev–Trinajstić information content (AvgIpc) is 3.02. The Balaban J connectivity index is 0.00000193. The van der Waals surface area contributed by atoms with Crippen LogP contribution in [-0.4, -0.2) is 50.8 Å². The minimum absolute atomic E-state index is 0. The number of nitrogens with zero attached hydrogens (tertiary/aromatic N) is 6. The molecule has 1 aliphatic rings. The Morgan fingerprint density at radius 1 is 0.939 bits per heavy atom. The monoisotopic (exact) mass is 494 g/mol. The van der Waals surface area contributed by atoms with E-state index in [0.717, 1.165) is 62.0 Å². The minimum Gasteiger partial charge on any atom is -0.352 e. The summed E-state index contributed by atoms with van der Waals surface area (Å²) in [7, 11) is 0. The summed E-state index contributed by atoms with van der Waals surface area (Å²) in [6, 6.07) is 6.46. The van der Waals surface area contributed by atoms with E-state index in [1.54, 1.807) is 24.5 Å². The highest BCUT2D eigenvalue weighted by atomic mass is 35.5.